The quantitative estimate of drug-likeness (QED) is 0.691. The van der Waals surface area contributed by atoms with Gasteiger partial charge < -0.3 is 15.0 Å². The molecule has 82 valence electrons. The predicted molar refractivity (Wildman–Crippen MR) is 55.2 cm³/mol. The van der Waals surface area contributed by atoms with Crippen LogP contribution < -0.4 is 5.32 Å². The minimum Gasteiger partial charge on any atom is -0.383 e. The number of nitrogens with one attached hydrogen (secondary N) is 1. The van der Waals surface area contributed by atoms with Gasteiger partial charge in [-0.1, -0.05) is 6.92 Å². The third-order valence-corrected chi connectivity index (χ3v) is 2.55. The molecule has 1 aliphatic rings. The molecular formula is C10H20N2O2. The third kappa shape index (κ3) is 2.96. The summed E-state index contributed by atoms with van der Waals surface area (Å²) in [5.74, 6) is 0.232. The van der Waals surface area contributed by atoms with Gasteiger partial charge in [0, 0.05) is 20.2 Å². The Kier molecular flexibility index (Phi) is 4.90. The summed E-state index contributed by atoms with van der Waals surface area (Å²) < 4.78 is 4.97. The van der Waals surface area contributed by atoms with Crippen molar-refractivity contribution in [3.8, 4) is 0 Å². The van der Waals surface area contributed by atoms with E-state index in [0.717, 1.165) is 32.5 Å². The van der Waals surface area contributed by atoms with E-state index < -0.39 is 0 Å². The molecule has 1 aliphatic heterocycles. The van der Waals surface area contributed by atoms with E-state index in [-0.39, 0.29) is 11.9 Å². The summed E-state index contributed by atoms with van der Waals surface area (Å²) in [6, 6.07) is 0.0330. The number of nitrogens with zero attached hydrogens (tertiary/aromatic N) is 1. The maximum absolute atomic E-state index is 11.8. The highest BCUT2D eigenvalue weighted by molar-refractivity contribution is 5.82. The molecule has 0 aromatic rings. The zero-order valence-corrected chi connectivity index (χ0v) is 9.08. The molecule has 0 spiro atoms. The maximum atomic E-state index is 11.8. The molecule has 1 fully saturated rings. The highest BCUT2D eigenvalue weighted by Crippen LogP contribution is 2.11. The number of methoxy groups -OCH3 is 1. The monoisotopic (exact) mass is 200 g/mol. The molecule has 4 nitrogen and oxygen atoms in total. The van der Waals surface area contributed by atoms with E-state index in [1.54, 1.807) is 7.11 Å². The van der Waals surface area contributed by atoms with Gasteiger partial charge in [-0.3, -0.25) is 4.79 Å². The third-order valence-electron chi connectivity index (χ3n) is 2.55. The van der Waals surface area contributed by atoms with Crippen molar-refractivity contribution in [1.82, 2.24) is 10.2 Å². The number of hydrogen-bond donors (Lipinski definition) is 1. The van der Waals surface area contributed by atoms with Crippen LogP contribution in [0.5, 0.6) is 0 Å². The standard InChI is InChI=1S/C10H20N2O2/c1-3-11-9-5-4-6-12(10(9)13)7-8-14-2/h9,11H,3-8H2,1-2H3. The van der Waals surface area contributed by atoms with Crippen LogP contribution in [-0.4, -0.2) is 50.2 Å². The molecule has 1 amide bonds. The van der Waals surface area contributed by atoms with Crippen molar-refractivity contribution in [3.63, 3.8) is 0 Å². The smallest absolute Gasteiger partial charge is 0.239 e. The lowest BCUT2D eigenvalue weighted by Gasteiger charge is -2.32. The number of amides is 1. The van der Waals surface area contributed by atoms with Crippen LogP contribution in [0, 0.1) is 0 Å². The molecular weight excluding hydrogens is 180 g/mol. The maximum Gasteiger partial charge on any atom is 0.239 e. The number of likely N-dealkylation sites (tertiary alicyclic amines) is 1. The number of likely N-dealkylation sites (N-methyl/N-ethyl adjacent to an activating group) is 1. The van der Waals surface area contributed by atoms with Gasteiger partial charge in [0.2, 0.25) is 5.91 Å². The van der Waals surface area contributed by atoms with Crippen LogP contribution in [-0.2, 0) is 9.53 Å². The molecule has 1 unspecified atom stereocenters. The first-order valence-corrected chi connectivity index (χ1v) is 5.30. The fraction of sp³-hybridized carbons (Fsp3) is 0.900. The number of piperidine rings is 1. The molecule has 1 atom stereocenters. The molecule has 1 heterocycles. The lowest BCUT2D eigenvalue weighted by molar-refractivity contribution is -0.136. The number of hydrogen-bond acceptors (Lipinski definition) is 3. The fourth-order valence-electron chi connectivity index (χ4n) is 1.80. The summed E-state index contributed by atoms with van der Waals surface area (Å²) in [7, 11) is 1.66. The molecule has 1 rings (SSSR count). The van der Waals surface area contributed by atoms with Crippen molar-refractivity contribution in [2.45, 2.75) is 25.8 Å². The van der Waals surface area contributed by atoms with Gasteiger partial charge in [0.1, 0.15) is 0 Å². The number of carbonyl (C=O) groups excluding carboxylic acids is 1. The fourth-order valence-corrected chi connectivity index (χ4v) is 1.80. The van der Waals surface area contributed by atoms with Crippen molar-refractivity contribution in [2.75, 3.05) is 33.4 Å². The Balaban J connectivity index is 2.40. The molecule has 1 saturated heterocycles. The summed E-state index contributed by atoms with van der Waals surface area (Å²) in [5.41, 5.74) is 0. The second-order valence-corrected chi connectivity index (χ2v) is 3.57. The zero-order chi connectivity index (χ0) is 10.4. The zero-order valence-electron chi connectivity index (χ0n) is 9.08. The Morgan fingerprint density at radius 3 is 3.07 bits per heavy atom. The average molecular weight is 200 g/mol. The van der Waals surface area contributed by atoms with Crippen molar-refractivity contribution in [1.29, 1.82) is 0 Å². The van der Waals surface area contributed by atoms with Crippen LogP contribution in [0.15, 0.2) is 0 Å². The highest BCUT2D eigenvalue weighted by Gasteiger charge is 2.27. The SMILES string of the molecule is CCNC1CCCN(CCOC)C1=O. The Hall–Kier alpha value is -0.610. The minimum absolute atomic E-state index is 0.0330. The van der Waals surface area contributed by atoms with Crippen molar-refractivity contribution >= 4 is 5.91 Å². The van der Waals surface area contributed by atoms with E-state index in [2.05, 4.69) is 5.32 Å². The first-order chi connectivity index (χ1) is 6.79. The summed E-state index contributed by atoms with van der Waals surface area (Å²) in [6.07, 6.45) is 2.06. The molecule has 0 aromatic heterocycles. The molecule has 0 bridgehead atoms. The van der Waals surface area contributed by atoms with E-state index in [9.17, 15) is 4.79 Å². The van der Waals surface area contributed by atoms with E-state index in [0.29, 0.717) is 6.61 Å². The highest BCUT2D eigenvalue weighted by atomic mass is 16.5. The average Bonchev–Trinajstić information content (AvgIpc) is 2.20. The minimum atomic E-state index is 0.0330. The predicted octanol–water partition coefficient (Wildman–Crippen LogP) is 0.233. The summed E-state index contributed by atoms with van der Waals surface area (Å²) in [5, 5.41) is 3.21. The summed E-state index contributed by atoms with van der Waals surface area (Å²) >= 11 is 0. The number of ether oxygens (including phenoxy) is 1. The van der Waals surface area contributed by atoms with Gasteiger partial charge in [0.15, 0.2) is 0 Å². The Labute approximate surface area is 85.6 Å². The van der Waals surface area contributed by atoms with E-state index in [4.69, 9.17) is 4.74 Å². The normalized spacial score (nSPS) is 22.9. The molecule has 0 aliphatic carbocycles. The van der Waals surface area contributed by atoms with Gasteiger partial charge in [0.05, 0.1) is 12.6 Å². The van der Waals surface area contributed by atoms with Gasteiger partial charge in [-0.2, -0.15) is 0 Å². The lowest BCUT2D eigenvalue weighted by atomic mass is 10.0. The first kappa shape index (κ1) is 11.5. The van der Waals surface area contributed by atoms with Gasteiger partial charge >= 0.3 is 0 Å². The Morgan fingerprint density at radius 2 is 2.43 bits per heavy atom. The van der Waals surface area contributed by atoms with Gasteiger partial charge in [0.25, 0.3) is 0 Å². The number of carbonyl (C=O) groups is 1. The van der Waals surface area contributed by atoms with Crippen LogP contribution in [0.1, 0.15) is 19.8 Å². The van der Waals surface area contributed by atoms with Crippen molar-refractivity contribution < 1.29 is 9.53 Å². The van der Waals surface area contributed by atoms with Crippen LogP contribution >= 0.6 is 0 Å². The van der Waals surface area contributed by atoms with Gasteiger partial charge in [-0.25, -0.2) is 0 Å². The van der Waals surface area contributed by atoms with Crippen molar-refractivity contribution in [2.24, 2.45) is 0 Å². The van der Waals surface area contributed by atoms with Gasteiger partial charge in [-0.05, 0) is 19.4 Å². The van der Waals surface area contributed by atoms with E-state index >= 15 is 0 Å². The van der Waals surface area contributed by atoms with Crippen molar-refractivity contribution in [3.05, 3.63) is 0 Å². The molecule has 4 heteroatoms. The molecule has 14 heavy (non-hydrogen) atoms. The topological polar surface area (TPSA) is 41.6 Å². The van der Waals surface area contributed by atoms with Crippen LogP contribution in [0.4, 0.5) is 0 Å². The van der Waals surface area contributed by atoms with E-state index in [1.807, 2.05) is 11.8 Å². The lowest BCUT2D eigenvalue weighted by Crippen LogP contribution is -2.51. The second kappa shape index (κ2) is 5.98. The first-order valence-electron chi connectivity index (χ1n) is 5.30. The largest absolute Gasteiger partial charge is 0.383 e. The van der Waals surface area contributed by atoms with Crippen LogP contribution in [0.25, 0.3) is 0 Å². The van der Waals surface area contributed by atoms with Crippen LogP contribution in [0.3, 0.4) is 0 Å². The molecule has 0 aromatic carbocycles. The molecule has 0 radical (unpaired) electrons. The Morgan fingerprint density at radius 1 is 1.64 bits per heavy atom. The van der Waals surface area contributed by atoms with E-state index in [1.165, 1.54) is 0 Å². The summed E-state index contributed by atoms with van der Waals surface area (Å²) in [4.78, 5) is 13.7. The summed E-state index contributed by atoms with van der Waals surface area (Å²) in [6.45, 7) is 5.11. The van der Waals surface area contributed by atoms with Crippen LogP contribution in [0.2, 0.25) is 0 Å². The van der Waals surface area contributed by atoms with Gasteiger partial charge in [-0.15, -0.1) is 0 Å². The second-order valence-electron chi connectivity index (χ2n) is 3.57. The molecule has 0 saturated carbocycles. The molecule has 1 N–H and O–H groups in total. The number of rotatable bonds is 5. The Bertz CT molecular complexity index is 183.